The smallest absolute Gasteiger partial charge is 0.178 e. The summed E-state index contributed by atoms with van der Waals surface area (Å²) in [5.41, 5.74) is 1.16. The number of halogens is 1. The van der Waals surface area contributed by atoms with Crippen LogP contribution in [0.25, 0.3) is 0 Å². The van der Waals surface area contributed by atoms with E-state index in [1.807, 2.05) is 0 Å². The van der Waals surface area contributed by atoms with Crippen molar-refractivity contribution in [1.82, 2.24) is 0 Å². The molecule has 0 aliphatic rings. The molecule has 0 aliphatic heterocycles. The summed E-state index contributed by atoms with van der Waals surface area (Å²) in [6.07, 6.45) is 2.42. The second-order valence-electron chi connectivity index (χ2n) is 0.899. The normalized spacial score (nSPS) is 9.29. The quantitative estimate of drug-likeness (QED) is 0.500. The van der Waals surface area contributed by atoms with Crippen LogP contribution in [0.15, 0.2) is 24.3 Å². The second-order valence-corrected chi connectivity index (χ2v) is 1.15. The van der Waals surface area contributed by atoms with Crippen molar-refractivity contribution in [3.8, 4) is 0 Å². The molecule has 0 heterocycles. The van der Waals surface area contributed by atoms with Crippen LogP contribution in [0.1, 0.15) is 0 Å². The fourth-order valence-electron chi connectivity index (χ4n) is 0.130. The maximum Gasteiger partial charge on any atom is 0.178 e. The molecule has 0 fully saturated rings. The van der Waals surface area contributed by atoms with Crippen molar-refractivity contribution in [3.63, 3.8) is 0 Å². The predicted octanol–water partition coefficient (Wildman–Crippen LogP) is 1.49. The van der Waals surface area contributed by atoms with E-state index >= 15 is 0 Å². The number of ketones is 1. The first-order valence-electron chi connectivity index (χ1n) is 1.74. The molecule has 0 aliphatic carbocycles. The Kier molecular flexibility index (Phi) is 3.33. The van der Waals surface area contributed by atoms with E-state index in [0.717, 1.165) is 5.54 Å². The standard InChI is InChI=1S/C5H5ClO/c1-2-5(7)3-4-6/h2-4H,1H2/b4-3-. The Morgan fingerprint density at radius 1 is 1.71 bits per heavy atom. The summed E-state index contributed by atoms with van der Waals surface area (Å²) in [7, 11) is 0. The average molecular weight is 117 g/mol. The minimum atomic E-state index is -0.171. The Labute approximate surface area is 47.3 Å². The summed E-state index contributed by atoms with van der Waals surface area (Å²) in [5.74, 6) is -0.171. The van der Waals surface area contributed by atoms with Crippen LogP contribution in [0.5, 0.6) is 0 Å². The van der Waals surface area contributed by atoms with Gasteiger partial charge in [0.25, 0.3) is 0 Å². The lowest BCUT2D eigenvalue weighted by atomic mass is 10.4. The van der Waals surface area contributed by atoms with Crippen LogP contribution in [-0.4, -0.2) is 5.78 Å². The van der Waals surface area contributed by atoms with Gasteiger partial charge in [0.2, 0.25) is 0 Å². The molecule has 0 N–H and O–H groups in total. The van der Waals surface area contributed by atoms with Crippen molar-refractivity contribution < 1.29 is 4.79 Å². The SMILES string of the molecule is C=CC(=O)/C=C\Cl. The molecule has 0 bridgehead atoms. The van der Waals surface area contributed by atoms with Crippen molar-refractivity contribution in [3.05, 3.63) is 24.3 Å². The summed E-state index contributed by atoms with van der Waals surface area (Å²) in [6, 6.07) is 0. The van der Waals surface area contributed by atoms with Gasteiger partial charge in [0.1, 0.15) is 0 Å². The zero-order valence-electron chi connectivity index (χ0n) is 3.73. The van der Waals surface area contributed by atoms with Gasteiger partial charge >= 0.3 is 0 Å². The van der Waals surface area contributed by atoms with E-state index < -0.39 is 0 Å². The fraction of sp³-hybridized carbons (Fsp3) is 0. The third kappa shape index (κ3) is 3.27. The maximum absolute atomic E-state index is 10.1. The Balaban J connectivity index is 3.58. The van der Waals surface area contributed by atoms with Gasteiger partial charge in [-0.25, -0.2) is 0 Å². The molecule has 2 heteroatoms. The zero-order chi connectivity index (χ0) is 5.70. The highest BCUT2D eigenvalue weighted by molar-refractivity contribution is 6.27. The monoisotopic (exact) mass is 116 g/mol. The highest BCUT2D eigenvalue weighted by Gasteiger charge is 1.79. The number of hydrogen-bond donors (Lipinski definition) is 0. The number of carbonyl (C=O) groups excluding carboxylic acids is 1. The molecule has 0 radical (unpaired) electrons. The molecule has 0 unspecified atom stereocenters. The molecule has 0 aromatic carbocycles. The lowest BCUT2D eigenvalue weighted by Gasteiger charge is -1.70. The molecule has 0 spiro atoms. The predicted molar refractivity (Wildman–Crippen MR) is 30.2 cm³/mol. The van der Waals surface area contributed by atoms with Crippen LogP contribution in [0.2, 0.25) is 0 Å². The van der Waals surface area contributed by atoms with E-state index in [1.165, 1.54) is 12.2 Å². The van der Waals surface area contributed by atoms with Gasteiger partial charge in [0.05, 0.1) is 0 Å². The van der Waals surface area contributed by atoms with Crippen molar-refractivity contribution in [2.45, 2.75) is 0 Å². The first-order valence-corrected chi connectivity index (χ1v) is 2.18. The van der Waals surface area contributed by atoms with Gasteiger partial charge in [-0.15, -0.1) is 0 Å². The van der Waals surface area contributed by atoms with Gasteiger partial charge < -0.3 is 0 Å². The highest BCUT2D eigenvalue weighted by Crippen LogP contribution is 1.79. The van der Waals surface area contributed by atoms with Gasteiger partial charge in [0, 0.05) is 5.54 Å². The van der Waals surface area contributed by atoms with Gasteiger partial charge in [-0.1, -0.05) is 18.2 Å². The molecular weight excluding hydrogens is 112 g/mol. The van der Waals surface area contributed by atoms with Crippen LogP contribution in [0.4, 0.5) is 0 Å². The first-order chi connectivity index (χ1) is 3.31. The molecule has 0 rings (SSSR count). The summed E-state index contributed by atoms with van der Waals surface area (Å²) < 4.78 is 0. The molecule has 0 amide bonds. The molecule has 0 aromatic heterocycles. The average Bonchev–Trinajstić information content (AvgIpc) is 1.68. The van der Waals surface area contributed by atoms with E-state index in [2.05, 4.69) is 6.58 Å². The highest BCUT2D eigenvalue weighted by atomic mass is 35.5. The maximum atomic E-state index is 10.1. The van der Waals surface area contributed by atoms with Crippen molar-refractivity contribution in [1.29, 1.82) is 0 Å². The van der Waals surface area contributed by atoms with Crippen LogP contribution in [0.3, 0.4) is 0 Å². The second kappa shape index (κ2) is 3.62. The van der Waals surface area contributed by atoms with E-state index in [-0.39, 0.29) is 5.78 Å². The Bertz CT molecular complexity index is 105. The number of hydrogen-bond acceptors (Lipinski definition) is 1. The minimum Gasteiger partial charge on any atom is -0.290 e. The van der Waals surface area contributed by atoms with Gasteiger partial charge in [-0.3, -0.25) is 4.79 Å². The van der Waals surface area contributed by atoms with Crippen molar-refractivity contribution in [2.24, 2.45) is 0 Å². The Morgan fingerprint density at radius 2 is 2.29 bits per heavy atom. The lowest BCUT2D eigenvalue weighted by Crippen LogP contribution is -1.79. The van der Waals surface area contributed by atoms with E-state index in [0.29, 0.717) is 0 Å². The van der Waals surface area contributed by atoms with Crippen LogP contribution < -0.4 is 0 Å². The van der Waals surface area contributed by atoms with Crippen LogP contribution in [-0.2, 0) is 4.79 Å². The third-order valence-electron chi connectivity index (χ3n) is 0.428. The Morgan fingerprint density at radius 3 is 2.43 bits per heavy atom. The first kappa shape index (κ1) is 6.44. The summed E-state index contributed by atoms with van der Waals surface area (Å²) in [6.45, 7) is 3.22. The molecule has 7 heavy (non-hydrogen) atoms. The largest absolute Gasteiger partial charge is 0.290 e. The molecule has 0 saturated heterocycles. The topological polar surface area (TPSA) is 17.1 Å². The summed E-state index contributed by atoms with van der Waals surface area (Å²) in [5, 5.41) is 0. The summed E-state index contributed by atoms with van der Waals surface area (Å²) in [4.78, 5) is 10.1. The van der Waals surface area contributed by atoms with E-state index in [9.17, 15) is 4.79 Å². The zero-order valence-corrected chi connectivity index (χ0v) is 4.48. The molecule has 0 saturated carbocycles. The van der Waals surface area contributed by atoms with Crippen molar-refractivity contribution >= 4 is 17.4 Å². The van der Waals surface area contributed by atoms with Gasteiger partial charge in [0.15, 0.2) is 5.78 Å². The van der Waals surface area contributed by atoms with Gasteiger partial charge in [-0.2, -0.15) is 0 Å². The molecule has 0 atom stereocenters. The van der Waals surface area contributed by atoms with Crippen molar-refractivity contribution in [2.75, 3.05) is 0 Å². The van der Waals surface area contributed by atoms with E-state index in [4.69, 9.17) is 11.6 Å². The molecule has 1 nitrogen and oxygen atoms in total. The van der Waals surface area contributed by atoms with E-state index in [1.54, 1.807) is 0 Å². The molecule has 0 aromatic rings. The fourth-order valence-corrected chi connectivity index (χ4v) is 0.254. The lowest BCUT2D eigenvalue weighted by molar-refractivity contribution is -0.110. The molecular formula is C5H5ClO. The third-order valence-corrected chi connectivity index (χ3v) is 0.554. The number of carbonyl (C=O) groups is 1. The minimum absolute atomic E-state index is 0.171. The van der Waals surface area contributed by atoms with Gasteiger partial charge in [-0.05, 0) is 12.2 Å². The van der Waals surface area contributed by atoms with Crippen LogP contribution >= 0.6 is 11.6 Å². The van der Waals surface area contributed by atoms with Crippen LogP contribution in [0, 0.1) is 0 Å². The Hall–Kier alpha value is -0.560. The summed E-state index contributed by atoms with van der Waals surface area (Å²) >= 11 is 5.03. The number of rotatable bonds is 2. The number of allylic oxidation sites excluding steroid dienone is 2. The molecule has 38 valence electrons.